The highest BCUT2D eigenvalue weighted by Crippen LogP contribution is 2.30. The van der Waals surface area contributed by atoms with E-state index in [-0.39, 0.29) is 5.69 Å². The van der Waals surface area contributed by atoms with Crippen LogP contribution in [-0.2, 0) is 18.8 Å². The molecule has 3 aromatic heterocycles. The SMILES string of the molecule is CC(F)(F)c1ccc(CCCCc2ncc(-c3ccc4cnc(F)cc4c3)s2)cn1. The van der Waals surface area contributed by atoms with E-state index in [1.807, 2.05) is 24.4 Å². The third-order valence-electron chi connectivity index (χ3n) is 4.91. The van der Waals surface area contributed by atoms with Crippen LogP contribution in [0.15, 0.2) is 55.0 Å². The molecule has 7 heteroatoms. The summed E-state index contributed by atoms with van der Waals surface area (Å²) < 4.78 is 39.8. The second-order valence-corrected chi connectivity index (χ2v) is 8.45. The summed E-state index contributed by atoms with van der Waals surface area (Å²) in [7, 11) is 0. The Morgan fingerprint density at radius 3 is 2.47 bits per heavy atom. The molecule has 0 fully saturated rings. The standard InChI is InChI=1S/C23H20F3N3S/c1-23(25,26)20-9-6-15(12-27-20)4-2-3-5-22-29-14-19(30-22)16-7-8-17-13-28-21(24)11-18(17)10-16/h6-14H,2-5H2,1H3. The zero-order chi connectivity index (χ0) is 21.1. The van der Waals surface area contributed by atoms with Crippen molar-refractivity contribution in [3.63, 3.8) is 0 Å². The largest absolute Gasteiger partial charge is 0.286 e. The molecule has 4 rings (SSSR count). The van der Waals surface area contributed by atoms with Crippen molar-refractivity contribution < 1.29 is 13.2 Å². The average Bonchev–Trinajstić information content (AvgIpc) is 3.19. The Balaban J connectivity index is 1.33. The first kappa shape index (κ1) is 20.5. The number of rotatable bonds is 7. The monoisotopic (exact) mass is 427 g/mol. The van der Waals surface area contributed by atoms with E-state index < -0.39 is 11.9 Å². The topological polar surface area (TPSA) is 38.7 Å². The fourth-order valence-corrected chi connectivity index (χ4v) is 4.22. The molecule has 3 heterocycles. The number of benzene rings is 1. The van der Waals surface area contributed by atoms with Crippen molar-refractivity contribution >= 4 is 22.1 Å². The van der Waals surface area contributed by atoms with Crippen molar-refractivity contribution in [3.05, 3.63) is 77.2 Å². The maximum absolute atomic E-state index is 13.4. The van der Waals surface area contributed by atoms with Gasteiger partial charge < -0.3 is 0 Å². The van der Waals surface area contributed by atoms with Crippen molar-refractivity contribution in [2.45, 2.75) is 38.5 Å². The maximum Gasteiger partial charge on any atom is 0.286 e. The number of pyridine rings is 2. The Labute approximate surface area is 176 Å². The summed E-state index contributed by atoms with van der Waals surface area (Å²) >= 11 is 1.63. The minimum Gasteiger partial charge on any atom is -0.255 e. The molecule has 4 aromatic rings. The molecule has 0 aliphatic rings. The van der Waals surface area contributed by atoms with Crippen LogP contribution in [-0.4, -0.2) is 15.0 Å². The molecule has 0 unspecified atom stereocenters. The van der Waals surface area contributed by atoms with Crippen molar-refractivity contribution in [3.8, 4) is 10.4 Å². The highest BCUT2D eigenvalue weighted by molar-refractivity contribution is 7.15. The Hall–Kier alpha value is -2.80. The molecule has 0 radical (unpaired) electrons. The van der Waals surface area contributed by atoms with Gasteiger partial charge in [-0.15, -0.1) is 11.3 Å². The summed E-state index contributed by atoms with van der Waals surface area (Å²) in [5, 5.41) is 2.76. The van der Waals surface area contributed by atoms with Gasteiger partial charge >= 0.3 is 0 Å². The lowest BCUT2D eigenvalue weighted by Crippen LogP contribution is -2.09. The molecule has 0 saturated heterocycles. The Morgan fingerprint density at radius 2 is 1.70 bits per heavy atom. The van der Waals surface area contributed by atoms with Crippen LogP contribution >= 0.6 is 11.3 Å². The lowest BCUT2D eigenvalue weighted by Gasteiger charge is -2.09. The van der Waals surface area contributed by atoms with Gasteiger partial charge in [0.15, 0.2) is 0 Å². The first-order valence-corrected chi connectivity index (χ1v) is 10.5. The average molecular weight is 427 g/mol. The van der Waals surface area contributed by atoms with Crippen molar-refractivity contribution in [2.24, 2.45) is 0 Å². The summed E-state index contributed by atoms with van der Waals surface area (Å²) in [6, 6.07) is 10.4. The number of thiazole rings is 1. The molecular weight excluding hydrogens is 407 g/mol. The molecule has 0 amide bonds. The number of aryl methyl sites for hydroxylation is 2. The van der Waals surface area contributed by atoms with Crippen LogP contribution in [0.4, 0.5) is 13.2 Å². The fraction of sp³-hybridized carbons (Fsp3) is 0.261. The van der Waals surface area contributed by atoms with E-state index in [4.69, 9.17) is 0 Å². The number of unbranched alkanes of at least 4 members (excludes halogenated alkanes) is 1. The summed E-state index contributed by atoms with van der Waals surface area (Å²) in [4.78, 5) is 13.1. The number of aromatic nitrogens is 3. The first-order valence-electron chi connectivity index (χ1n) is 9.72. The number of fused-ring (bicyclic) bond motifs is 1. The molecule has 0 N–H and O–H groups in total. The van der Waals surface area contributed by atoms with Crippen LogP contribution in [0, 0.1) is 5.95 Å². The molecule has 3 nitrogen and oxygen atoms in total. The van der Waals surface area contributed by atoms with Crippen molar-refractivity contribution in [1.29, 1.82) is 0 Å². The van der Waals surface area contributed by atoms with Gasteiger partial charge in [0, 0.05) is 37.0 Å². The third kappa shape index (κ3) is 4.84. The van der Waals surface area contributed by atoms with E-state index in [1.165, 1.54) is 24.5 Å². The zero-order valence-electron chi connectivity index (χ0n) is 16.4. The van der Waals surface area contributed by atoms with Crippen LogP contribution in [0.2, 0.25) is 0 Å². The van der Waals surface area contributed by atoms with Gasteiger partial charge in [-0.1, -0.05) is 18.2 Å². The van der Waals surface area contributed by atoms with E-state index in [1.54, 1.807) is 17.4 Å². The van der Waals surface area contributed by atoms with Crippen molar-refractivity contribution in [2.75, 3.05) is 0 Å². The van der Waals surface area contributed by atoms with Crippen LogP contribution < -0.4 is 0 Å². The Kier molecular flexibility index (Phi) is 5.81. The molecule has 0 aliphatic heterocycles. The molecule has 0 saturated carbocycles. The minimum atomic E-state index is -2.91. The lowest BCUT2D eigenvalue weighted by atomic mass is 10.1. The normalized spacial score (nSPS) is 11.9. The number of hydrogen-bond donors (Lipinski definition) is 0. The minimum absolute atomic E-state index is 0.200. The second kappa shape index (κ2) is 8.52. The van der Waals surface area contributed by atoms with E-state index in [9.17, 15) is 13.2 Å². The van der Waals surface area contributed by atoms with Gasteiger partial charge in [0.1, 0.15) is 5.69 Å². The van der Waals surface area contributed by atoms with Crippen LogP contribution in [0.1, 0.15) is 36.0 Å². The van der Waals surface area contributed by atoms with E-state index >= 15 is 0 Å². The predicted octanol–water partition coefficient (Wildman–Crippen LogP) is 6.57. The lowest BCUT2D eigenvalue weighted by molar-refractivity contribution is 0.0127. The number of halogens is 3. The summed E-state index contributed by atoms with van der Waals surface area (Å²) in [6.07, 6.45) is 8.45. The van der Waals surface area contributed by atoms with Gasteiger partial charge in [0.05, 0.1) is 9.88 Å². The van der Waals surface area contributed by atoms with E-state index in [2.05, 4.69) is 15.0 Å². The number of alkyl halides is 2. The van der Waals surface area contributed by atoms with Crippen LogP contribution in [0.25, 0.3) is 21.2 Å². The Bertz CT molecular complexity index is 1150. The maximum atomic E-state index is 13.4. The zero-order valence-corrected chi connectivity index (χ0v) is 17.2. The number of hydrogen-bond acceptors (Lipinski definition) is 4. The van der Waals surface area contributed by atoms with Gasteiger partial charge in [0.25, 0.3) is 5.92 Å². The smallest absolute Gasteiger partial charge is 0.255 e. The Morgan fingerprint density at radius 1 is 0.867 bits per heavy atom. The molecule has 0 spiro atoms. The molecule has 30 heavy (non-hydrogen) atoms. The van der Waals surface area contributed by atoms with Gasteiger partial charge in [-0.05, 0) is 54.3 Å². The molecular formula is C23H20F3N3S. The quantitative estimate of drug-likeness (QED) is 0.247. The first-order chi connectivity index (χ1) is 14.4. The molecule has 0 bridgehead atoms. The van der Waals surface area contributed by atoms with Crippen LogP contribution in [0.5, 0.6) is 0 Å². The second-order valence-electron chi connectivity index (χ2n) is 7.33. The summed E-state index contributed by atoms with van der Waals surface area (Å²) in [6.45, 7) is 0.852. The van der Waals surface area contributed by atoms with Crippen LogP contribution in [0.3, 0.4) is 0 Å². The summed E-state index contributed by atoms with van der Waals surface area (Å²) in [5.74, 6) is -3.39. The fourth-order valence-electron chi connectivity index (χ4n) is 3.26. The highest BCUT2D eigenvalue weighted by Gasteiger charge is 2.25. The van der Waals surface area contributed by atoms with Gasteiger partial charge in [-0.25, -0.2) is 9.97 Å². The number of nitrogens with zero attached hydrogens (tertiary/aromatic N) is 3. The molecule has 154 valence electrons. The van der Waals surface area contributed by atoms with E-state index in [0.29, 0.717) is 0 Å². The van der Waals surface area contributed by atoms with Gasteiger partial charge in [-0.2, -0.15) is 13.2 Å². The van der Waals surface area contributed by atoms with Gasteiger partial charge in [0.2, 0.25) is 5.95 Å². The molecule has 1 aromatic carbocycles. The van der Waals surface area contributed by atoms with E-state index in [0.717, 1.165) is 64.4 Å². The van der Waals surface area contributed by atoms with Crippen molar-refractivity contribution in [1.82, 2.24) is 15.0 Å². The summed E-state index contributed by atoms with van der Waals surface area (Å²) in [5.41, 5.74) is 1.77. The molecule has 0 aliphatic carbocycles. The predicted molar refractivity (Wildman–Crippen MR) is 113 cm³/mol. The van der Waals surface area contributed by atoms with Gasteiger partial charge in [-0.3, -0.25) is 4.98 Å². The molecule has 0 atom stereocenters. The third-order valence-corrected chi connectivity index (χ3v) is 6.01. The highest BCUT2D eigenvalue weighted by atomic mass is 32.1.